The van der Waals surface area contributed by atoms with Crippen LogP contribution in [0, 0.1) is 0 Å². The van der Waals surface area contributed by atoms with Crippen LogP contribution in [0.3, 0.4) is 0 Å². The van der Waals surface area contributed by atoms with Gasteiger partial charge in [0.1, 0.15) is 4.60 Å². The van der Waals surface area contributed by atoms with Gasteiger partial charge in [0.15, 0.2) is 0 Å². The predicted molar refractivity (Wildman–Crippen MR) is 44.1 cm³/mol. The van der Waals surface area contributed by atoms with Gasteiger partial charge in [-0.1, -0.05) is 0 Å². The number of rotatable bonds is 0. The summed E-state index contributed by atoms with van der Waals surface area (Å²) >= 11 is 3.31. The third-order valence-corrected chi connectivity index (χ3v) is 2.10. The van der Waals surface area contributed by atoms with Crippen molar-refractivity contribution in [3.63, 3.8) is 0 Å². The van der Waals surface area contributed by atoms with Gasteiger partial charge in [0.05, 0.1) is 0 Å². The van der Waals surface area contributed by atoms with Gasteiger partial charge in [0.2, 0.25) is 0 Å². The molecule has 0 spiro atoms. The SMILES string of the molecule is Brc1cc2c(cn1)CCN2. The van der Waals surface area contributed by atoms with Crippen molar-refractivity contribution in [3.05, 3.63) is 22.4 Å². The summed E-state index contributed by atoms with van der Waals surface area (Å²) in [4.78, 5) is 4.13. The number of hydrogen-bond acceptors (Lipinski definition) is 2. The molecule has 0 amide bonds. The van der Waals surface area contributed by atoms with E-state index in [1.165, 1.54) is 11.3 Å². The number of nitrogens with one attached hydrogen (secondary N) is 1. The lowest BCUT2D eigenvalue weighted by Gasteiger charge is -1.97. The fourth-order valence-corrected chi connectivity index (χ4v) is 1.49. The molecule has 0 atom stereocenters. The zero-order valence-corrected chi connectivity index (χ0v) is 6.98. The van der Waals surface area contributed by atoms with Crippen LogP contribution < -0.4 is 5.32 Å². The van der Waals surface area contributed by atoms with Crippen LogP contribution in [0.25, 0.3) is 0 Å². The summed E-state index contributed by atoms with van der Waals surface area (Å²) in [7, 11) is 0. The van der Waals surface area contributed by atoms with Crippen molar-refractivity contribution in [1.82, 2.24) is 4.98 Å². The van der Waals surface area contributed by atoms with E-state index >= 15 is 0 Å². The van der Waals surface area contributed by atoms with Gasteiger partial charge in [-0.15, -0.1) is 0 Å². The van der Waals surface area contributed by atoms with Crippen LogP contribution in [0.5, 0.6) is 0 Å². The lowest BCUT2D eigenvalue weighted by molar-refractivity contribution is 1.09. The molecule has 1 aliphatic heterocycles. The van der Waals surface area contributed by atoms with Crippen molar-refractivity contribution in [2.75, 3.05) is 11.9 Å². The smallest absolute Gasteiger partial charge is 0.108 e. The van der Waals surface area contributed by atoms with Crippen LogP contribution in [0.15, 0.2) is 16.9 Å². The van der Waals surface area contributed by atoms with Crippen molar-refractivity contribution in [2.24, 2.45) is 0 Å². The largest absolute Gasteiger partial charge is 0.384 e. The average Bonchev–Trinajstić information content (AvgIpc) is 2.33. The van der Waals surface area contributed by atoms with Gasteiger partial charge in [-0.2, -0.15) is 0 Å². The molecule has 3 heteroatoms. The molecule has 2 heterocycles. The maximum absolute atomic E-state index is 4.13. The van der Waals surface area contributed by atoms with Gasteiger partial charge in [0, 0.05) is 18.4 Å². The summed E-state index contributed by atoms with van der Waals surface area (Å²) in [5.74, 6) is 0. The molecule has 0 saturated carbocycles. The summed E-state index contributed by atoms with van der Waals surface area (Å²) in [6, 6.07) is 2.02. The Morgan fingerprint density at radius 1 is 1.60 bits per heavy atom. The van der Waals surface area contributed by atoms with Gasteiger partial charge in [-0.3, -0.25) is 0 Å². The minimum atomic E-state index is 0.903. The Morgan fingerprint density at radius 2 is 2.50 bits per heavy atom. The van der Waals surface area contributed by atoms with Gasteiger partial charge in [0.25, 0.3) is 0 Å². The van der Waals surface area contributed by atoms with Crippen molar-refractivity contribution >= 4 is 21.6 Å². The van der Waals surface area contributed by atoms with E-state index in [0.717, 1.165) is 17.6 Å². The molecule has 0 fully saturated rings. The first-order valence-corrected chi connectivity index (χ1v) is 4.04. The van der Waals surface area contributed by atoms with E-state index in [9.17, 15) is 0 Å². The summed E-state index contributed by atoms with van der Waals surface area (Å²) in [6.07, 6.45) is 3.02. The molecule has 1 aromatic rings. The number of nitrogens with zero attached hydrogens (tertiary/aromatic N) is 1. The maximum atomic E-state index is 4.13. The lowest BCUT2D eigenvalue weighted by Crippen LogP contribution is -1.90. The highest BCUT2D eigenvalue weighted by Gasteiger charge is 2.09. The van der Waals surface area contributed by atoms with Crippen molar-refractivity contribution in [1.29, 1.82) is 0 Å². The standard InChI is InChI=1S/C7H7BrN2/c8-7-3-6-5(4-10-7)1-2-9-6/h3-4,9H,1-2H2. The minimum Gasteiger partial charge on any atom is -0.384 e. The lowest BCUT2D eigenvalue weighted by atomic mass is 10.2. The number of fused-ring (bicyclic) bond motifs is 1. The number of aromatic nitrogens is 1. The summed E-state index contributed by atoms with van der Waals surface area (Å²) in [5, 5.41) is 3.27. The van der Waals surface area contributed by atoms with Crippen molar-refractivity contribution < 1.29 is 0 Å². The molecule has 2 rings (SSSR count). The van der Waals surface area contributed by atoms with E-state index in [0.29, 0.717) is 0 Å². The minimum absolute atomic E-state index is 0.903. The number of halogens is 1. The summed E-state index contributed by atoms with van der Waals surface area (Å²) < 4.78 is 0.903. The molecule has 1 N–H and O–H groups in total. The fourth-order valence-electron chi connectivity index (χ4n) is 1.15. The highest BCUT2D eigenvalue weighted by atomic mass is 79.9. The quantitative estimate of drug-likeness (QED) is 0.644. The molecule has 0 aromatic carbocycles. The van der Waals surface area contributed by atoms with E-state index in [2.05, 4.69) is 26.2 Å². The highest BCUT2D eigenvalue weighted by molar-refractivity contribution is 9.10. The van der Waals surface area contributed by atoms with E-state index in [-0.39, 0.29) is 0 Å². The van der Waals surface area contributed by atoms with Gasteiger partial charge in [-0.05, 0) is 34.0 Å². The third-order valence-electron chi connectivity index (χ3n) is 1.66. The molecule has 0 unspecified atom stereocenters. The van der Waals surface area contributed by atoms with Crippen molar-refractivity contribution in [3.8, 4) is 0 Å². The Hall–Kier alpha value is -0.570. The molecule has 0 bridgehead atoms. The monoisotopic (exact) mass is 198 g/mol. The Morgan fingerprint density at radius 3 is 3.40 bits per heavy atom. The second-order valence-corrected chi connectivity index (χ2v) is 3.15. The number of anilines is 1. The first-order chi connectivity index (χ1) is 4.86. The molecule has 52 valence electrons. The first-order valence-electron chi connectivity index (χ1n) is 3.24. The first kappa shape index (κ1) is 6.16. The predicted octanol–water partition coefficient (Wildman–Crippen LogP) is 1.81. The van der Waals surface area contributed by atoms with E-state index in [4.69, 9.17) is 0 Å². The normalized spacial score (nSPS) is 14.5. The Kier molecular flexibility index (Phi) is 1.38. The zero-order chi connectivity index (χ0) is 6.97. The van der Waals surface area contributed by atoms with Gasteiger partial charge < -0.3 is 5.32 Å². The highest BCUT2D eigenvalue weighted by Crippen LogP contribution is 2.23. The molecule has 2 nitrogen and oxygen atoms in total. The molecule has 10 heavy (non-hydrogen) atoms. The maximum Gasteiger partial charge on any atom is 0.108 e. The molecule has 0 aliphatic carbocycles. The van der Waals surface area contributed by atoms with Crippen molar-refractivity contribution in [2.45, 2.75) is 6.42 Å². The summed E-state index contributed by atoms with van der Waals surface area (Å²) in [5.41, 5.74) is 2.55. The van der Waals surface area contributed by atoms with Crippen LogP contribution in [0.2, 0.25) is 0 Å². The van der Waals surface area contributed by atoms with Crippen LogP contribution in [0.4, 0.5) is 5.69 Å². The van der Waals surface area contributed by atoms with E-state index in [1.54, 1.807) is 0 Å². The second-order valence-electron chi connectivity index (χ2n) is 2.34. The third kappa shape index (κ3) is 0.904. The zero-order valence-electron chi connectivity index (χ0n) is 5.39. The molecule has 0 saturated heterocycles. The second kappa shape index (κ2) is 2.23. The van der Waals surface area contributed by atoms with Crippen LogP contribution in [-0.2, 0) is 6.42 Å². The molecule has 1 aromatic heterocycles. The molecule has 0 radical (unpaired) electrons. The molecular weight excluding hydrogens is 192 g/mol. The Bertz CT molecular complexity index is 260. The van der Waals surface area contributed by atoms with E-state index in [1.807, 2.05) is 12.3 Å². The van der Waals surface area contributed by atoms with Gasteiger partial charge in [-0.25, -0.2) is 4.98 Å². The Balaban J connectivity index is 2.52. The number of pyridine rings is 1. The Labute approximate surface area is 67.8 Å². The van der Waals surface area contributed by atoms with Crippen LogP contribution in [0.1, 0.15) is 5.56 Å². The number of hydrogen-bond donors (Lipinski definition) is 1. The fraction of sp³-hybridized carbons (Fsp3) is 0.286. The molecule has 1 aliphatic rings. The molecular formula is C7H7BrN2. The van der Waals surface area contributed by atoms with Crippen LogP contribution in [-0.4, -0.2) is 11.5 Å². The average molecular weight is 199 g/mol. The van der Waals surface area contributed by atoms with Gasteiger partial charge >= 0.3 is 0 Å². The van der Waals surface area contributed by atoms with Crippen LogP contribution >= 0.6 is 15.9 Å². The topological polar surface area (TPSA) is 24.9 Å². The van der Waals surface area contributed by atoms with E-state index < -0.39 is 0 Å². The summed E-state index contributed by atoms with van der Waals surface area (Å²) in [6.45, 7) is 1.05.